The summed E-state index contributed by atoms with van der Waals surface area (Å²) in [4.78, 5) is 40.5. The number of esters is 1. The van der Waals surface area contributed by atoms with Gasteiger partial charge in [0.25, 0.3) is 5.91 Å². The van der Waals surface area contributed by atoms with Crippen LogP contribution in [-0.2, 0) is 20.9 Å². The number of carbonyl (C=O) groups is 3. The molecule has 1 fully saturated rings. The lowest BCUT2D eigenvalue weighted by Gasteiger charge is -2.19. The van der Waals surface area contributed by atoms with Crippen LogP contribution in [0.2, 0.25) is 0 Å². The van der Waals surface area contributed by atoms with E-state index in [1.54, 1.807) is 47.2 Å². The Morgan fingerprint density at radius 1 is 1.12 bits per heavy atom. The van der Waals surface area contributed by atoms with Gasteiger partial charge in [-0.1, -0.05) is 66.4 Å². The molecular formula is C24H24N2O4S2. The number of hydrogen-bond donors (Lipinski definition) is 0. The van der Waals surface area contributed by atoms with Crippen LogP contribution >= 0.6 is 24.0 Å². The van der Waals surface area contributed by atoms with Crippen LogP contribution < -0.4 is 0 Å². The molecule has 0 aliphatic carbocycles. The number of hydrogen-bond acceptors (Lipinski definition) is 6. The van der Waals surface area contributed by atoms with E-state index in [4.69, 9.17) is 17.0 Å². The zero-order valence-corrected chi connectivity index (χ0v) is 19.6. The quantitative estimate of drug-likeness (QED) is 0.330. The molecule has 32 heavy (non-hydrogen) atoms. The summed E-state index contributed by atoms with van der Waals surface area (Å²) in [7, 11) is 3.11. The standard InChI is InChI=1S/C24H24N2O4S2/c1-25(16-18-7-4-3-5-8-18)21(27)9-6-14-26-22(28)20(32-24(26)31)15-17-10-12-19(13-11-17)23(29)30-2/h3-5,7-8,10-13,15H,6,9,14,16H2,1-2H3/b20-15-. The van der Waals surface area contributed by atoms with Crippen molar-refractivity contribution in [3.05, 3.63) is 76.2 Å². The maximum absolute atomic E-state index is 12.8. The van der Waals surface area contributed by atoms with Crippen molar-refractivity contribution in [2.75, 3.05) is 20.7 Å². The number of amides is 2. The molecular weight excluding hydrogens is 444 g/mol. The highest BCUT2D eigenvalue weighted by molar-refractivity contribution is 8.26. The largest absolute Gasteiger partial charge is 0.465 e. The van der Waals surface area contributed by atoms with E-state index < -0.39 is 5.97 Å². The average Bonchev–Trinajstić information content (AvgIpc) is 3.06. The van der Waals surface area contributed by atoms with Gasteiger partial charge in [-0.2, -0.15) is 0 Å². The molecule has 0 aromatic heterocycles. The van der Waals surface area contributed by atoms with Gasteiger partial charge in [0.05, 0.1) is 17.6 Å². The molecule has 1 aliphatic rings. The minimum Gasteiger partial charge on any atom is -0.465 e. The van der Waals surface area contributed by atoms with E-state index in [0.717, 1.165) is 11.1 Å². The van der Waals surface area contributed by atoms with Gasteiger partial charge in [0.2, 0.25) is 5.91 Å². The van der Waals surface area contributed by atoms with Crippen LogP contribution in [0.5, 0.6) is 0 Å². The topological polar surface area (TPSA) is 66.9 Å². The predicted octanol–water partition coefficient (Wildman–Crippen LogP) is 4.11. The number of nitrogens with zero attached hydrogens (tertiary/aromatic N) is 2. The highest BCUT2D eigenvalue weighted by Gasteiger charge is 2.31. The lowest BCUT2D eigenvalue weighted by Crippen LogP contribution is -2.31. The first-order valence-electron chi connectivity index (χ1n) is 10.1. The SMILES string of the molecule is COC(=O)c1ccc(/C=C2\SC(=S)N(CCCC(=O)N(C)Cc3ccccc3)C2=O)cc1. The molecule has 8 heteroatoms. The summed E-state index contributed by atoms with van der Waals surface area (Å²) >= 11 is 6.61. The molecule has 1 heterocycles. The van der Waals surface area contributed by atoms with E-state index >= 15 is 0 Å². The van der Waals surface area contributed by atoms with Crippen molar-refractivity contribution in [3.63, 3.8) is 0 Å². The molecule has 2 aromatic rings. The van der Waals surface area contributed by atoms with Crippen molar-refractivity contribution in [2.24, 2.45) is 0 Å². The number of thioether (sulfide) groups is 1. The van der Waals surface area contributed by atoms with Crippen molar-refractivity contribution < 1.29 is 19.1 Å². The van der Waals surface area contributed by atoms with Crippen molar-refractivity contribution >= 4 is 52.2 Å². The summed E-state index contributed by atoms with van der Waals surface area (Å²) in [5, 5.41) is 0. The Morgan fingerprint density at radius 2 is 1.81 bits per heavy atom. The maximum atomic E-state index is 12.8. The van der Waals surface area contributed by atoms with Crippen molar-refractivity contribution in [1.29, 1.82) is 0 Å². The molecule has 1 saturated heterocycles. The van der Waals surface area contributed by atoms with Gasteiger partial charge in [-0.3, -0.25) is 14.5 Å². The number of carbonyl (C=O) groups excluding carboxylic acids is 3. The summed E-state index contributed by atoms with van der Waals surface area (Å²) in [5.41, 5.74) is 2.31. The van der Waals surface area contributed by atoms with Crippen LogP contribution in [0, 0.1) is 0 Å². The molecule has 0 unspecified atom stereocenters. The Hall–Kier alpha value is -2.97. The monoisotopic (exact) mass is 468 g/mol. The van der Waals surface area contributed by atoms with Crippen LogP contribution in [0.15, 0.2) is 59.5 Å². The third-order valence-corrected chi connectivity index (χ3v) is 6.34. The van der Waals surface area contributed by atoms with Crippen LogP contribution in [0.4, 0.5) is 0 Å². The Labute approximate surface area is 197 Å². The fourth-order valence-corrected chi connectivity index (χ4v) is 4.51. The van der Waals surface area contributed by atoms with Gasteiger partial charge in [-0.15, -0.1) is 0 Å². The summed E-state index contributed by atoms with van der Waals surface area (Å²) in [6, 6.07) is 16.6. The molecule has 1 aliphatic heterocycles. The molecule has 0 atom stereocenters. The second-order valence-corrected chi connectivity index (χ2v) is 8.96. The molecule has 3 rings (SSSR count). The lowest BCUT2D eigenvalue weighted by molar-refractivity contribution is -0.131. The van der Waals surface area contributed by atoms with Gasteiger partial charge in [-0.25, -0.2) is 4.79 Å². The highest BCUT2D eigenvalue weighted by atomic mass is 32.2. The minimum atomic E-state index is -0.410. The first-order chi connectivity index (χ1) is 15.4. The summed E-state index contributed by atoms with van der Waals surface area (Å²) in [6.07, 6.45) is 2.62. The Morgan fingerprint density at radius 3 is 2.47 bits per heavy atom. The second-order valence-electron chi connectivity index (χ2n) is 7.29. The predicted molar refractivity (Wildman–Crippen MR) is 130 cm³/mol. The first kappa shape index (κ1) is 23.7. The van der Waals surface area contributed by atoms with E-state index in [9.17, 15) is 14.4 Å². The summed E-state index contributed by atoms with van der Waals surface area (Å²) in [6.45, 7) is 0.951. The van der Waals surface area contributed by atoms with Gasteiger partial charge in [0.1, 0.15) is 4.32 Å². The van der Waals surface area contributed by atoms with E-state index in [1.807, 2.05) is 30.3 Å². The lowest BCUT2D eigenvalue weighted by atomic mass is 10.1. The zero-order valence-electron chi connectivity index (χ0n) is 17.9. The van der Waals surface area contributed by atoms with Crippen molar-refractivity contribution in [3.8, 4) is 0 Å². The molecule has 0 saturated carbocycles. The molecule has 2 amide bonds. The van der Waals surface area contributed by atoms with Crippen LogP contribution in [0.25, 0.3) is 6.08 Å². The third-order valence-electron chi connectivity index (χ3n) is 4.96. The number of rotatable bonds is 8. The van der Waals surface area contributed by atoms with Gasteiger partial charge in [0.15, 0.2) is 0 Å². The van der Waals surface area contributed by atoms with E-state index in [-0.39, 0.29) is 11.8 Å². The van der Waals surface area contributed by atoms with Crippen LogP contribution in [0.1, 0.15) is 34.3 Å². The number of methoxy groups -OCH3 is 1. The van der Waals surface area contributed by atoms with Gasteiger partial charge in [0, 0.05) is 26.6 Å². The maximum Gasteiger partial charge on any atom is 0.337 e. The molecule has 0 N–H and O–H groups in total. The van der Waals surface area contributed by atoms with Gasteiger partial charge >= 0.3 is 5.97 Å². The van der Waals surface area contributed by atoms with E-state index in [1.165, 1.54) is 18.9 Å². The number of ether oxygens (including phenoxy) is 1. The van der Waals surface area contributed by atoms with Crippen molar-refractivity contribution in [2.45, 2.75) is 19.4 Å². The normalized spacial score (nSPS) is 14.7. The number of benzene rings is 2. The Kier molecular flexibility index (Phi) is 8.19. The third kappa shape index (κ3) is 6.05. The molecule has 166 valence electrons. The second kappa shape index (κ2) is 11.1. The highest BCUT2D eigenvalue weighted by Crippen LogP contribution is 2.32. The molecule has 6 nitrogen and oxygen atoms in total. The molecule has 2 aromatic carbocycles. The summed E-state index contributed by atoms with van der Waals surface area (Å²) in [5.74, 6) is -0.547. The zero-order chi connectivity index (χ0) is 23.1. The van der Waals surface area contributed by atoms with Crippen molar-refractivity contribution in [1.82, 2.24) is 9.80 Å². The minimum absolute atomic E-state index is 0.0283. The van der Waals surface area contributed by atoms with Crippen LogP contribution in [-0.4, -0.2) is 52.6 Å². The van der Waals surface area contributed by atoms with Gasteiger partial charge in [-0.05, 0) is 35.8 Å². The Bertz CT molecular complexity index is 1040. The first-order valence-corrected chi connectivity index (χ1v) is 11.3. The van der Waals surface area contributed by atoms with Crippen LogP contribution in [0.3, 0.4) is 0 Å². The smallest absolute Gasteiger partial charge is 0.337 e. The van der Waals surface area contributed by atoms with E-state index in [0.29, 0.717) is 40.7 Å². The van der Waals surface area contributed by atoms with E-state index in [2.05, 4.69) is 0 Å². The fraction of sp³-hybridized carbons (Fsp3) is 0.250. The van der Waals surface area contributed by atoms with Gasteiger partial charge < -0.3 is 9.64 Å². The molecule has 0 spiro atoms. The number of thiocarbonyl (C=S) groups is 1. The Balaban J connectivity index is 1.53. The fourth-order valence-electron chi connectivity index (χ4n) is 3.20. The summed E-state index contributed by atoms with van der Waals surface area (Å²) < 4.78 is 5.17. The molecule has 0 bridgehead atoms. The molecule has 0 radical (unpaired) electrons. The average molecular weight is 469 g/mol.